The molecule has 0 spiro atoms. The van der Waals surface area contributed by atoms with Crippen molar-refractivity contribution in [2.24, 2.45) is 0 Å². The van der Waals surface area contributed by atoms with Crippen molar-refractivity contribution in [3.8, 4) is 0 Å². The Morgan fingerprint density at radius 1 is 1.33 bits per heavy atom. The van der Waals surface area contributed by atoms with Crippen LogP contribution in [-0.4, -0.2) is 26.4 Å². The molecule has 0 atom stereocenters. The molecular formula is C2H9O5PW. The minimum absolute atomic E-state index is 0. The summed E-state index contributed by atoms with van der Waals surface area (Å²) in [6.45, 7) is 1.93. The van der Waals surface area contributed by atoms with E-state index in [0.717, 1.165) is 0 Å². The van der Waals surface area contributed by atoms with Crippen LogP contribution in [0.15, 0.2) is 0 Å². The molecule has 0 aromatic carbocycles. The van der Waals surface area contributed by atoms with Crippen LogP contribution in [-0.2, 0) is 25.6 Å². The van der Waals surface area contributed by atoms with Crippen LogP contribution in [0, 0.1) is 0 Å². The summed E-state index contributed by atoms with van der Waals surface area (Å²) in [4.78, 5) is 21.6. The Hall–Kier alpha value is 0.758. The van der Waals surface area contributed by atoms with E-state index in [9.17, 15) is 0 Å². The molecule has 0 rings (SSSR count). The summed E-state index contributed by atoms with van der Waals surface area (Å²) >= 11 is 0. The second-order valence-electron chi connectivity index (χ2n) is 0.830. The molecule has 7 heteroatoms. The van der Waals surface area contributed by atoms with Gasteiger partial charge in [0.25, 0.3) is 0 Å². The van der Waals surface area contributed by atoms with Gasteiger partial charge in [-0.1, -0.05) is 0 Å². The number of rotatable bonds is 0. The van der Waals surface area contributed by atoms with Crippen LogP contribution >= 0.6 is 7.82 Å². The molecule has 58 valence electrons. The third-order valence-corrected chi connectivity index (χ3v) is 0. The fourth-order valence-electron chi connectivity index (χ4n) is 0. The Kier molecular flexibility index (Phi) is 15.9. The molecule has 0 fully saturated rings. The monoisotopic (exact) mass is 328 g/mol. The Bertz CT molecular complexity index is 70.8. The second kappa shape index (κ2) is 8.76. The SMILES string of the molecule is CCO.O=P(O)(O)O.[W]. The van der Waals surface area contributed by atoms with Crippen molar-refractivity contribution in [1.29, 1.82) is 0 Å². The van der Waals surface area contributed by atoms with Gasteiger partial charge >= 0.3 is 7.82 Å². The molecule has 0 saturated carbocycles. The molecule has 0 bridgehead atoms. The molecule has 0 aromatic rings. The molecule has 9 heavy (non-hydrogen) atoms. The third-order valence-electron chi connectivity index (χ3n) is 0. The molecule has 0 unspecified atom stereocenters. The van der Waals surface area contributed by atoms with E-state index in [1.54, 1.807) is 6.92 Å². The molecule has 0 saturated heterocycles. The van der Waals surface area contributed by atoms with Gasteiger partial charge in [0.15, 0.2) is 0 Å². The number of hydrogen-bond donors (Lipinski definition) is 4. The molecule has 0 amide bonds. The first-order valence-electron chi connectivity index (χ1n) is 1.81. The molecule has 0 aliphatic heterocycles. The van der Waals surface area contributed by atoms with Crippen LogP contribution < -0.4 is 0 Å². The van der Waals surface area contributed by atoms with E-state index >= 15 is 0 Å². The Morgan fingerprint density at radius 3 is 1.33 bits per heavy atom. The summed E-state index contributed by atoms with van der Waals surface area (Å²) in [5, 5.41) is 7.57. The van der Waals surface area contributed by atoms with Crippen LogP contribution in [0.5, 0.6) is 0 Å². The molecule has 0 radical (unpaired) electrons. The predicted octanol–water partition coefficient (Wildman–Crippen LogP) is -0.933. The van der Waals surface area contributed by atoms with Gasteiger partial charge in [-0.25, -0.2) is 4.57 Å². The van der Waals surface area contributed by atoms with E-state index in [0.29, 0.717) is 0 Å². The maximum Gasteiger partial charge on any atom is 0.466 e. The van der Waals surface area contributed by atoms with Gasteiger partial charge in [-0.3, -0.25) is 0 Å². The van der Waals surface area contributed by atoms with Crippen LogP contribution in [0.25, 0.3) is 0 Å². The van der Waals surface area contributed by atoms with Crippen LogP contribution in [0.1, 0.15) is 6.92 Å². The van der Waals surface area contributed by atoms with Gasteiger partial charge in [0.1, 0.15) is 0 Å². The van der Waals surface area contributed by atoms with Crippen LogP contribution in [0.2, 0.25) is 0 Å². The van der Waals surface area contributed by atoms with Crippen LogP contribution in [0.3, 0.4) is 0 Å². The van der Waals surface area contributed by atoms with Gasteiger partial charge < -0.3 is 19.8 Å². The number of aliphatic hydroxyl groups is 1. The summed E-state index contributed by atoms with van der Waals surface area (Å²) in [6.07, 6.45) is 0. The van der Waals surface area contributed by atoms with E-state index in [-0.39, 0.29) is 27.7 Å². The van der Waals surface area contributed by atoms with Gasteiger partial charge in [-0.2, -0.15) is 0 Å². The Balaban J connectivity index is -0.0000000800. The normalized spacial score (nSPS) is 8.56. The minimum Gasteiger partial charge on any atom is -0.397 e. The average Bonchev–Trinajstić information content (AvgIpc) is 1.27. The fraction of sp³-hybridized carbons (Fsp3) is 1.00. The fourth-order valence-corrected chi connectivity index (χ4v) is 0. The first-order valence-corrected chi connectivity index (χ1v) is 3.37. The van der Waals surface area contributed by atoms with Crippen LogP contribution in [0.4, 0.5) is 0 Å². The largest absolute Gasteiger partial charge is 0.466 e. The molecule has 5 nitrogen and oxygen atoms in total. The number of phosphoric acid groups is 1. The summed E-state index contributed by atoms with van der Waals surface area (Å²) in [5.41, 5.74) is 0. The van der Waals surface area contributed by atoms with E-state index in [1.807, 2.05) is 0 Å². The molecule has 0 aromatic heterocycles. The van der Waals surface area contributed by atoms with Crippen molar-refractivity contribution in [3.05, 3.63) is 0 Å². The number of hydrogen-bond acceptors (Lipinski definition) is 2. The van der Waals surface area contributed by atoms with E-state index in [2.05, 4.69) is 0 Å². The first kappa shape index (κ1) is 16.4. The zero-order valence-electron chi connectivity index (χ0n) is 4.76. The van der Waals surface area contributed by atoms with Gasteiger partial charge in [-0.05, 0) is 6.92 Å². The molecule has 4 N–H and O–H groups in total. The third kappa shape index (κ3) is 696. The average molecular weight is 328 g/mol. The van der Waals surface area contributed by atoms with E-state index in [4.69, 9.17) is 24.4 Å². The van der Waals surface area contributed by atoms with E-state index in [1.165, 1.54) is 0 Å². The zero-order valence-corrected chi connectivity index (χ0v) is 8.59. The standard InChI is InChI=1S/C2H6O.H3O4P.W/c1-2-3;1-5(2,3)4;/h3H,2H2,1H3;(H3,1,2,3,4);. The van der Waals surface area contributed by atoms with Crippen molar-refractivity contribution in [2.45, 2.75) is 6.92 Å². The van der Waals surface area contributed by atoms with Crippen molar-refractivity contribution >= 4 is 7.82 Å². The van der Waals surface area contributed by atoms with Gasteiger partial charge in [0.2, 0.25) is 0 Å². The van der Waals surface area contributed by atoms with E-state index < -0.39 is 7.82 Å². The summed E-state index contributed by atoms with van der Waals surface area (Å²) in [7, 11) is -4.64. The number of aliphatic hydroxyl groups excluding tert-OH is 1. The van der Waals surface area contributed by atoms with Crippen molar-refractivity contribution in [1.82, 2.24) is 0 Å². The maximum atomic E-state index is 8.88. The Labute approximate surface area is 67.2 Å². The summed E-state index contributed by atoms with van der Waals surface area (Å²) in [5.74, 6) is 0. The topological polar surface area (TPSA) is 98.0 Å². The molecular weight excluding hydrogens is 319 g/mol. The minimum atomic E-state index is -4.64. The quantitative estimate of drug-likeness (QED) is 0.431. The van der Waals surface area contributed by atoms with Crippen molar-refractivity contribution < 1.29 is 45.4 Å². The smallest absolute Gasteiger partial charge is 0.397 e. The summed E-state index contributed by atoms with van der Waals surface area (Å²) < 4.78 is 8.88. The van der Waals surface area contributed by atoms with Gasteiger partial charge in [0.05, 0.1) is 0 Å². The van der Waals surface area contributed by atoms with Gasteiger partial charge in [-0.15, -0.1) is 0 Å². The van der Waals surface area contributed by atoms with Crippen molar-refractivity contribution in [3.63, 3.8) is 0 Å². The molecule has 0 aliphatic rings. The van der Waals surface area contributed by atoms with Crippen molar-refractivity contribution in [2.75, 3.05) is 6.61 Å². The molecule has 0 heterocycles. The molecule has 0 aliphatic carbocycles. The maximum absolute atomic E-state index is 8.88. The Morgan fingerprint density at radius 2 is 1.33 bits per heavy atom. The summed E-state index contributed by atoms with van der Waals surface area (Å²) in [6, 6.07) is 0. The zero-order chi connectivity index (χ0) is 7.21. The second-order valence-corrected chi connectivity index (χ2v) is 1.86. The van der Waals surface area contributed by atoms with Gasteiger partial charge in [0, 0.05) is 27.7 Å². The predicted molar refractivity (Wildman–Crippen MR) is 27.0 cm³/mol. The first-order chi connectivity index (χ1) is 3.41.